The van der Waals surface area contributed by atoms with E-state index >= 15 is 0 Å². The molecule has 17 heteroatoms. The molecule has 3 aromatic heterocycles. The van der Waals surface area contributed by atoms with Crippen LogP contribution >= 0.6 is 0 Å². The van der Waals surface area contributed by atoms with E-state index in [9.17, 15) is 20.1 Å². The maximum Gasteiger partial charge on any atom is 0.302 e. The van der Waals surface area contributed by atoms with Gasteiger partial charge >= 0.3 is 5.97 Å². The number of aromatic hydroxyl groups is 3. The number of pyridine rings is 1. The van der Waals surface area contributed by atoms with Crippen LogP contribution < -0.4 is 36.5 Å². The standard InChI is InChI=1S/C63H77N9O8/c1-38(73)78-55-33-54(44-31-52(75)59(76)57(32-44)77-27-21-40-9-6-23-65-34-40)80-60-46(55)16-14-42-15-17-48-53(79-56-29-41(28-47(42)60)13-18-51(56)74)12-5-22-63(48)49(35-69-45-10-3-2-4-11-45)61(72-36-43-20-26-66-50(43)37-72)70-62(71-63)68-24-7-8-39-19-25-67-58(64)30-39/h6,9,13,18-20,23,26,29-32,34,36-37,42,45-49,53-55,60-61,66-67,69,74-76H,2-5,7-8,10-12,14,16,21-22,24-25,27-28,33,35,64H2,1H3,(H2,68,70,71). The first-order valence-electron chi connectivity index (χ1n) is 29.3. The van der Waals surface area contributed by atoms with E-state index in [0.29, 0.717) is 49.0 Å². The summed E-state index contributed by atoms with van der Waals surface area (Å²) >= 11 is 0. The van der Waals surface area contributed by atoms with Gasteiger partial charge < -0.3 is 70.8 Å². The first kappa shape index (κ1) is 53.4. The number of hydrogen-bond donors (Lipinski definition) is 9. The highest BCUT2D eigenvalue weighted by atomic mass is 16.6. The van der Waals surface area contributed by atoms with Crippen molar-refractivity contribution in [3.63, 3.8) is 0 Å². The summed E-state index contributed by atoms with van der Waals surface area (Å²) in [7, 11) is 0. The third kappa shape index (κ3) is 11.4. The predicted molar refractivity (Wildman–Crippen MR) is 305 cm³/mol. The molecule has 3 saturated carbocycles. The quantitative estimate of drug-likeness (QED) is 0.0220. The van der Waals surface area contributed by atoms with E-state index in [4.69, 9.17) is 29.7 Å². The lowest BCUT2D eigenvalue weighted by Gasteiger charge is -2.56. The van der Waals surface area contributed by atoms with E-state index in [-0.39, 0.29) is 77.4 Å². The Bertz CT molecular complexity index is 3140. The fourth-order valence-corrected chi connectivity index (χ4v) is 14.3. The van der Waals surface area contributed by atoms with E-state index in [2.05, 4.69) is 72.2 Å². The number of benzene rings is 2. The number of nitrogens with two attached hydrogens (primary N) is 1. The van der Waals surface area contributed by atoms with Crippen LogP contribution in [0.4, 0.5) is 0 Å². The minimum absolute atomic E-state index is 0.0481. The van der Waals surface area contributed by atoms with E-state index in [1.165, 1.54) is 37.8 Å². The Kier molecular flexibility index (Phi) is 15.6. The summed E-state index contributed by atoms with van der Waals surface area (Å²) in [5.41, 5.74) is 10.3. The van der Waals surface area contributed by atoms with Gasteiger partial charge in [0.15, 0.2) is 29.0 Å². The van der Waals surface area contributed by atoms with Crippen LogP contribution in [0.2, 0.25) is 0 Å². The molecule has 2 bridgehead atoms. The number of phenolic OH excluding ortho intramolecular Hbond substituents is 3. The fraction of sp³-hybridized carbons (Fsp3) is 0.508. The van der Waals surface area contributed by atoms with E-state index in [0.717, 1.165) is 98.9 Å². The number of phenols is 3. The number of rotatable bonds is 14. The maximum atomic E-state index is 13.0. The molecular formula is C63H77N9O8. The molecule has 2 saturated heterocycles. The number of dihydropyridines is 1. The van der Waals surface area contributed by atoms with Crippen LogP contribution in [0.1, 0.15) is 119 Å². The van der Waals surface area contributed by atoms with Gasteiger partial charge in [0, 0.05) is 105 Å². The number of carbonyl (C=O) groups excluding carboxylic acids is 1. The number of nitrogens with one attached hydrogen (secondary N) is 5. The highest BCUT2D eigenvalue weighted by Crippen LogP contribution is 2.52. The average Bonchev–Trinajstić information content (AvgIpc) is 4.11. The molecule has 11 unspecified atom stereocenters. The Morgan fingerprint density at radius 2 is 1.90 bits per heavy atom. The highest BCUT2D eigenvalue weighted by Gasteiger charge is 2.57. The number of aromatic amines is 1. The van der Waals surface area contributed by atoms with E-state index in [1.807, 2.05) is 36.5 Å². The van der Waals surface area contributed by atoms with Gasteiger partial charge in [-0.1, -0.05) is 49.3 Å². The molecule has 10 N–H and O–H groups in total. The largest absolute Gasteiger partial charge is 0.504 e. The third-order valence-corrected chi connectivity index (χ3v) is 18.3. The zero-order valence-electron chi connectivity index (χ0n) is 45.7. The van der Waals surface area contributed by atoms with Gasteiger partial charge in [-0.2, -0.15) is 0 Å². The molecule has 5 aromatic rings. The zero-order valence-corrected chi connectivity index (χ0v) is 45.7. The van der Waals surface area contributed by atoms with Crippen LogP contribution in [0.3, 0.4) is 0 Å². The lowest BCUT2D eigenvalue weighted by Crippen LogP contribution is -2.73. The van der Waals surface area contributed by atoms with Crippen molar-refractivity contribution in [2.24, 2.45) is 40.3 Å². The normalized spacial score (nSPS) is 29.8. The smallest absolute Gasteiger partial charge is 0.302 e. The second-order valence-electron chi connectivity index (χ2n) is 23.4. The molecule has 4 aliphatic heterocycles. The summed E-state index contributed by atoms with van der Waals surface area (Å²) in [5, 5.41) is 50.5. The Morgan fingerprint density at radius 1 is 1.00 bits per heavy atom. The van der Waals surface area contributed by atoms with Gasteiger partial charge in [-0.25, -0.2) is 0 Å². The second kappa shape index (κ2) is 23.4. The highest BCUT2D eigenvalue weighted by molar-refractivity contribution is 5.83. The van der Waals surface area contributed by atoms with Crippen molar-refractivity contribution in [1.29, 1.82) is 0 Å². The number of H-pyrrole nitrogens is 1. The van der Waals surface area contributed by atoms with Gasteiger partial charge in [-0.15, -0.1) is 0 Å². The van der Waals surface area contributed by atoms with Crippen molar-refractivity contribution in [2.75, 3.05) is 26.2 Å². The molecule has 0 amide bonds. The number of nitrogens with zero attached hydrogens (tertiary/aromatic N) is 3. The summed E-state index contributed by atoms with van der Waals surface area (Å²) in [6.45, 7) is 3.73. The maximum absolute atomic E-state index is 13.0. The van der Waals surface area contributed by atoms with Crippen molar-refractivity contribution in [3.8, 4) is 40.6 Å². The number of allylic oxidation sites excluding steroid dienone is 2. The molecule has 0 radical (unpaired) electrons. The van der Waals surface area contributed by atoms with Gasteiger partial charge in [0.2, 0.25) is 5.75 Å². The predicted octanol–water partition coefficient (Wildman–Crippen LogP) is 8.45. The summed E-state index contributed by atoms with van der Waals surface area (Å²) in [4.78, 5) is 26.0. The molecule has 80 heavy (non-hydrogen) atoms. The number of ether oxygens (including phenoxy) is 4. The first-order chi connectivity index (χ1) is 39.0. The average molecular weight is 1090 g/mol. The molecule has 12 rings (SSSR count). The van der Waals surface area contributed by atoms with Gasteiger partial charge in [0.1, 0.15) is 18.4 Å². The monoisotopic (exact) mass is 1090 g/mol. The van der Waals surface area contributed by atoms with Crippen LogP contribution in [0.15, 0.2) is 108 Å². The van der Waals surface area contributed by atoms with Gasteiger partial charge in [0.25, 0.3) is 0 Å². The van der Waals surface area contributed by atoms with E-state index in [1.54, 1.807) is 24.5 Å². The summed E-state index contributed by atoms with van der Waals surface area (Å²) < 4.78 is 29.2. The minimum atomic E-state index is -0.654. The molecule has 3 aliphatic carbocycles. The van der Waals surface area contributed by atoms with Gasteiger partial charge in [0.05, 0.1) is 41.6 Å². The van der Waals surface area contributed by atoms with Crippen LogP contribution in [-0.4, -0.2) is 97.9 Å². The summed E-state index contributed by atoms with van der Waals surface area (Å²) in [5.74, 6) is 8.17. The molecule has 7 heterocycles. The number of fused-ring (bicyclic) bond motifs is 8. The molecule has 17 nitrogen and oxygen atoms in total. The second-order valence-corrected chi connectivity index (χ2v) is 23.4. The molecule has 7 aliphatic rings. The lowest BCUT2D eigenvalue weighted by atomic mass is 9.62. The lowest BCUT2D eigenvalue weighted by molar-refractivity contribution is -0.196. The molecule has 1 spiro atoms. The van der Waals surface area contributed by atoms with Crippen molar-refractivity contribution >= 4 is 22.8 Å². The number of esters is 1. The van der Waals surface area contributed by atoms with Crippen molar-refractivity contribution < 1.29 is 39.1 Å². The Morgan fingerprint density at radius 3 is 2.74 bits per heavy atom. The van der Waals surface area contributed by atoms with Crippen LogP contribution in [0.25, 0.3) is 10.9 Å². The number of carbonyl (C=O) groups is 1. The number of aromatic nitrogens is 3. The molecule has 5 fully saturated rings. The summed E-state index contributed by atoms with van der Waals surface area (Å²) in [6.07, 6.45) is 25.0. The molecule has 422 valence electrons. The Hall–Kier alpha value is -7.29. The number of guanidine groups is 1. The first-order valence-corrected chi connectivity index (χ1v) is 29.3. The molecule has 11 atom stereocenters. The number of hydrogen-bond acceptors (Lipinski definition) is 13. The third-order valence-electron chi connectivity index (χ3n) is 18.3. The van der Waals surface area contributed by atoms with Crippen molar-refractivity contribution in [1.82, 2.24) is 35.8 Å². The van der Waals surface area contributed by atoms with Gasteiger partial charge in [-0.05, 0) is 129 Å². The Balaban J connectivity index is 0.922. The minimum Gasteiger partial charge on any atom is -0.504 e. The topological polar surface area (TPSA) is 235 Å². The summed E-state index contributed by atoms with van der Waals surface area (Å²) in [6, 6.07) is 15.3. The van der Waals surface area contributed by atoms with Gasteiger partial charge in [-0.3, -0.25) is 14.8 Å². The van der Waals surface area contributed by atoms with Crippen LogP contribution in [0.5, 0.6) is 28.7 Å². The molecule has 2 aromatic carbocycles. The van der Waals surface area contributed by atoms with Crippen LogP contribution in [-0.2, 0) is 27.1 Å². The van der Waals surface area contributed by atoms with Crippen LogP contribution in [0, 0.1) is 41.4 Å². The fourth-order valence-electron chi connectivity index (χ4n) is 14.3. The zero-order chi connectivity index (χ0) is 54.7. The Labute approximate surface area is 468 Å². The van der Waals surface area contributed by atoms with E-state index < -0.39 is 23.9 Å². The number of aliphatic imine (C=N–C) groups is 1. The SMILES string of the molecule is CC(=O)OC1CC(c2cc(O)c(O)c(OCCc3cccnc3)c2)OC2C3Cc4ccc(O)c(c4)OC4CCCC5(NC(=NCCCC6=CCNC(N)=C6)NC(n6cc7cc[nH]c7c6)C5CNC5CCCCC5)C4C#CC3CCC12. The molecular weight excluding hydrogens is 1010 g/mol. The van der Waals surface area contributed by atoms with Crippen molar-refractivity contribution in [2.45, 2.75) is 145 Å². The van der Waals surface area contributed by atoms with Crippen molar-refractivity contribution in [3.05, 3.63) is 120 Å².